The Morgan fingerprint density at radius 2 is 1.92 bits per heavy atom. The molecule has 4 heteroatoms. The van der Waals surface area contributed by atoms with Crippen molar-refractivity contribution < 1.29 is 4.74 Å². The fraction of sp³-hybridized carbons (Fsp3) is 0.300. The summed E-state index contributed by atoms with van der Waals surface area (Å²) in [5.41, 5.74) is 3.95. The third kappa shape index (κ3) is 2.80. The molecule has 1 unspecified atom stereocenters. The van der Waals surface area contributed by atoms with E-state index < -0.39 is 0 Å². The van der Waals surface area contributed by atoms with E-state index in [0.717, 1.165) is 31.2 Å². The fourth-order valence-electron chi connectivity index (χ4n) is 3.48. The number of nitrogens with zero attached hydrogens (tertiary/aromatic N) is 1. The first kappa shape index (κ1) is 15.6. The number of nitrogens with one attached hydrogen (secondary N) is 1. The lowest BCUT2D eigenvalue weighted by Crippen LogP contribution is -2.23. The van der Waals surface area contributed by atoms with Crippen LogP contribution >= 0.6 is 11.9 Å². The van der Waals surface area contributed by atoms with Gasteiger partial charge in [0.25, 0.3) is 0 Å². The second kappa shape index (κ2) is 6.91. The van der Waals surface area contributed by atoms with Crippen LogP contribution in [0.5, 0.6) is 5.88 Å². The molecule has 24 heavy (non-hydrogen) atoms. The number of benzene rings is 2. The number of rotatable bonds is 5. The highest BCUT2D eigenvalue weighted by Crippen LogP contribution is 2.44. The molecule has 0 bridgehead atoms. The van der Waals surface area contributed by atoms with E-state index in [9.17, 15) is 0 Å². The van der Waals surface area contributed by atoms with Crippen LogP contribution in [0.4, 0.5) is 0 Å². The summed E-state index contributed by atoms with van der Waals surface area (Å²) >= 11 is 1.82. The number of para-hydroxylation sites is 1. The van der Waals surface area contributed by atoms with Crippen molar-refractivity contribution in [3.05, 3.63) is 65.7 Å². The molecule has 0 aliphatic carbocycles. The van der Waals surface area contributed by atoms with Gasteiger partial charge in [0.15, 0.2) is 0 Å². The van der Waals surface area contributed by atoms with Gasteiger partial charge in [-0.3, -0.25) is 3.97 Å². The minimum absolute atomic E-state index is 0.516. The molecule has 0 saturated carbocycles. The molecule has 1 aromatic heterocycles. The maximum atomic E-state index is 6.12. The lowest BCUT2D eigenvalue weighted by atomic mass is 9.93. The molecule has 1 aliphatic heterocycles. The molecule has 3 aromatic rings. The summed E-state index contributed by atoms with van der Waals surface area (Å²) in [5.74, 6) is 2.50. The Hall–Kier alpha value is -1.91. The summed E-state index contributed by atoms with van der Waals surface area (Å²) in [5, 5.41) is 4.67. The van der Waals surface area contributed by atoms with Gasteiger partial charge in [0.05, 0.1) is 12.1 Å². The normalized spacial score (nSPS) is 16.8. The highest BCUT2D eigenvalue weighted by atomic mass is 32.2. The Labute approximate surface area is 147 Å². The molecule has 0 radical (unpaired) electrons. The van der Waals surface area contributed by atoms with Crippen LogP contribution in [0.3, 0.4) is 0 Å². The molecule has 4 rings (SSSR count). The molecular weight excluding hydrogens is 316 g/mol. The van der Waals surface area contributed by atoms with Gasteiger partial charge in [-0.15, -0.1) is 0 Å². The smallest absolute Gasteiger partial charge is 0.208 e. The Balaban J connectivity index is 1.75. The molecule has 124 valence electrons. The predicted molar refractivity (Wildman–Crippen MR) is 102 cm³/mol. The zero-order valence-electron chi connectivity index (χ0n) is 13.9. The van der Waals surface area contributed by atoms with E-state index in [1.807, 2.05) is 19.0 Å². The van der Waals surface area contributed by atoms with E-state index in [1.165, 1.54) is 22.0 Å². The Kier molecular flexibility index (Phi) is 4.50. The van der Waals surface area contributed by atoms with Gasteiger partial charge >= 0.3 is 0 Å². The van der Waals surface area contributed by atoms with Crippen LogP contribution in [0.25, 0.3) is 10.9 Å². The molecule has 1 aliphatic rings. The summed E-state index contributed by atoms with van der Waals surface area (Å²) in [7, 11) is 2.03. The number of hydrogen-bond acceptors (Lipinski definition) is 3. The minimum atomic E-state index is 0.516. The molecule has 2 aromatic carbocycles. The van der Waals surface area contributed by atoms with Gasteiger partial charge in [0.2, 0.25) is 5.88 Å². The first-order valence-corrected chi connectivity index (χ1v) is 9.40. The van der Waals surface area contributed by atoms with Crippen LogP contribution in [0, 0.1) is 0 Å². The highest BCUT2D eigenvalue weighted by molar-refractivity contribution is 7.97. The van der Waals surface area contributed by atoms with Gasteiger partial charge in [-0.05, 0) is 37.0 Å². The van der Waals surface area contributed by atoms with Crippen LogP contribution in [0.15, 0.2) is 54.6 Å². The Morgan fingerprint density at radius 3 is 2.75 bits per heavy atom. The van der Waals surface area contributed by atoms with Crippen molar-refractivity contribution in [1.29, 1.82) is 0 Å². The number of likely N-dealkylation sites (N-methyl/N-ethyl adjacent to an activating group) is 1. The maximum Gasteiger partial charge on any atom is 0.208 e. The third-order valence-corrected chi connectivity index (χ3v) is 5.68. The summed E-state index contributed by atoms with van der Waals surface area (Å²) in [4.78, 5) is 0. The lowest BCUT2D eigenvalue weighted by Gasteiger charge is -2.24. The molecular formula is C20H22N2OS. The lowest BCUT2D eigenvalue weighted by molar-refractivity contribution is 0.256. The monoisotopic (exact) mass is 338 g/mol. The Bertz CT molecular complexity index is 828. The fourth-order valence-corrected chi connectivity index (χ4v) is 4.51. The number of aromatic nitrogens is 1. The van der Waals surface area contributed by atoms with Crippen LogP contribution in [0.1, 0.15) is 23.5 Å². The van der Waals surface area contributed by atoms with E-state index in [0.29, 0.717) is 5.92 Å². The summed E-state index contributed by atoms with van der Waals surface area (Å²) in [6, 6.07) is 19.3. The van der Waals surface area contributed by atoms with Crippen LogP contribution in [-0.2, 0) is 5.75 Å². The van der Waals surface area contributed by atoms with Gasteiger partial charge in [-0.25, -0.2) is 0 Å². The molecule has 1 N–H and O–H groups in total. The average Bonchev–Trinajstić information content (AvgIpc) is 2.96. The molecule has 0 spiro atoms. The molecule has 1 atom stereocenters. The van der Waals surface area contributed by atoms with E-state index in [4.69, 9.17) is 4.74 Å². The quantitative estimate of drug-likeness (QED) is 0.746. The maximum absolute atomic E-state index is 6.12. The van der Waals surface area contributed by atoms with Crippen molar-refractivity contribution in [3.8, 4) is 5.88 Å². The van der Waals surface area contributed by atoms with E-state index in [2.05, 4.69) is 63.9 Å². The second-order valence-corrected chi connectivity index (χ2v) is 7.09. The zero-order valence-corrected chi connectivity index (χ0v) is 14.7. The topological polar surface area (TPSA) is 26.2 Å². The van der Waals surface area contributed by atoms with Gasteiger partial charge in [0, 0.05) is 29.2 Å². The first-order chi connectivity index (χ1) is 11.9. The van der Waals surface area contributed by atoms with Crippen molar-refractivity contribution in [2.75, 3.05) is 20.2 Å². The van der Waals surface area contributed by atoms with Crippen molar-refractivity contribution in [2.24, 2.45) is 0 Å². The number of fused-ring (bicyclic) bond motifs is 3. The summed E-state index contributed by atoms with van der Waals surface area (Å²) in [6.45, 7) is 1.79. The van der Waals surface area contributed by atoms with Crippen molar-refractivity contribution in [1.82, 2.24) is 9.29 Å². The molecule has 2 heterocycles. The summed E-state index contributed by atoms with van der Waals surface area (Å²) in [6.07, 6.45) is 1.07. The predicted octanol–water partition coefficient (Wildman–Crippen LogP) is 4.42. The third-order valence-electron chi connectivity index (χ3n) is 4.59. The zero-order chi connectivity index (χ0) is 16.4. The largest absolute Gasteiger partial charge is 0.478 e. The van der Waals surface area contributed by atoms with E-state index >= 15 is 0 Å². The summed E-state index contributed by atoms with van der Waals surface area (Å²) < 4.78 is 8.41. The number of hydrogen-bond donors (Lipinski definition) is 1. The van der Waals surface area contributed by atoms with Crippen LogP contribution in [-0.4, -0.2) is 24.2 Å². The molecule has 0 amide bonds. The SMILES string of the molecule is CNCC1CCOc2c1c1ccccc1n2SCc1ccccc1. The average molecular weight is 338 g/mol. The molecule has 0 saturated heterocycles. The van der Waals surface area contributed by atoms with Gasteiger partial charge in [-0.2, -0.15) is 0 Å². The van der Waals surface area contributed by atoms with Gasteiger partial charge in [0.1, 0.15) is 0 Å². The van der Waals surface area contributed by atoms with Crippen molar-refractivity contribution >= 4 is 22.9 Å². The first-order valence-electron chi connectivity index (χ1n) is 8.46. The molecule has 0 fully saturated rings. The van der Waals surface area contributed by atoms with Gasteiger partial charge < -0.3 is 10.1 Å². The number of ether oxygens (including phenoxy) is 1. The Morgan fingerprint density at radius 1 is 1.12 bits per heavy atom. The van der Waals surface area contributed by atoms with Crippen molar-refractivity contribution in [3.63, 3.8) is 0 Å². The minimum Gasteiger partial charge on any atom is -0.478 e. The van der Waals surface area contributed by atoms with Crippen LogP contribution < -0.4 is 10.1 Å². The second-order valence-electron chi connectivity index (χ2n) is 6.18. The van der Waals surface area contributed by atoms with Crippen molar-refractivity contribution in [2.45, 2.75) is 18.1 Å². The van der Waals surface area contributed by atoms with Gasteiger partial charge in [-0.1, -0.05) is 48.5 Å². The standard InChI is InChI=1S/C20H22N2OS/c1-21-13-16-11-12-23-20-19(16)17-9-5-6-10-18(17)22(20)24-14-15-7-3-2-4-8-15/h2-10,16,21H,11-14H2,1H3. The van der Waals surface area contributed by atoms with E-state index in [-0.39, 0.29) is 0 Å². The molecule has 3 nitrogen and oxygen atoms in total. The van der Waals surface area contributed by atoms with Crippen LogP contribution in [0.2, 0.25) is 0 Å². The highest BCUT2D eigenvalue weighted by Gasteiger charge is 2.28. The van der Waals surface area contributed by atoms with E-state index in [1.54, 1.807) is 0 Å².